The molecule has 3 N–H and O–H groups in total. The fraction of sp³-hybridized carbons (Fsp3) is 0.818. The van der Waals surface area contributed by atoms with Crippen LogP contribution >= 0.6 is 0 Å². The number of piperidine rings is 1. The molecule has 1 rings (SSSR count). The van der Waals surface area contributed by atoms with Crippen LogP contribution in [0.15, 0.2) is 0 Å². The molecule has 1 amide bonds. The molecule has 0 saturated carbocycles. The van der Waals surface area contributed by atoms with Crippen LogP contribution in [0.25, 0.3) is 0 Å². The number of ether oxygens (including phenoxy) is 1. The van der Waals surface area contributed by atoms with Gasteiger partial charge in [-0.3, -0.25) is 4.79 Å². The highest BCUT2D eigenvalue weighted by atomic mass is 16.5. The van der Waals surface area contributed by atoms with E-state index >= 15 is 0 Å². The van der Waals surface area contributed by atoms with Crippen molar-refractivity contribution in [3.8, 4) is 0 Å². The van der Waals surface area contributed by atoms with Crippen molar-refractivity contribution < 1.29 is 19.4 Å². The zero-order chi connectivity index (χ0) is 12.8. The van der Waals surface area contributed by atoms with E-state index in [2.05, 4.69) is 0 Å². The number of hydrogen-bond acceptors (Lipinski definition) is 4. The number of esters is 1. The molecule has 0 aromatic carbocycles. The van der Waals surface area contributed by atoms with Gasteiger partial charge in [0.25, 0.3) is 0 Å². The molecular weight excluding hydrogens is 224 g/mol. The molecule has 2 atom stereocenters. The Morgan fingerprint density at radius 2 is 2.18 bits per heavy atom. The number of hydrogen-bond donors (Lipinski definition) is 2. The van der Waals surface area contributed by atoms with Crippen LogP contribution in [-0.4, -0.2) is 47.3 Å². The van der Waals surface area contributed by atoms with Crippen molar-refractivity contribution in [2.45, 2.75) is 44.7 Å². The lowest BCUT2D eigenvalue weighted by Crippen LogP contribution is -2.51. The predicted molar refractivity (Wildman–Crippen MR) is 61.6 cm³/mol. The molecule has 0 bridgehead atoms. The van der Waals surface area contributed by atoms with Gasteiger partial charge in [0.05, 0.1) is 6.61 Å². The van der Waals surface area contributed by atoms with Gasteiger partial charge in [-0.15, -0.1) is 0 Å². The van der Waals surface area contributed by atoms with Gasteiger partial charge in [-0.1, -0.05) is 0 Å². The van der Waals surface area contributed by atoms with Gasteiger partial charge in [0, 0.05) is 25.0 Å². The lowest BCUT2D eigenvalue weighted by Gasteiger charge is -2.36. The number of nitrogens with zero attached hydrogens (tertiary/aromatic N) is 1. The third-order valence-corrected chi connectivity index (χ3v) is 2.98. The Morgan fingerprint density at radius 3 is 2.76 bits per heavy atom. The van der Waals surface area contributed by atoms with Crippen LogP contribution in [0, 0.1) is 0 Å². The number of likely N-dealkylation sites (tertiary alicyclic amines) is 1. The number of carbonyl (C=O) groups is 2. The van der Waals surface area contributed by atoms with E-state index < -0.39 is 6.09 Å². The molecule has 1 fully saturated rings. The SMILES string of the molecule is CCOC(=O)CC[C@@H]1CC[C@H](N)CN1C(=O)O. The minimum atomic E-state index is -0.964. The highest BCUT2D eigenvalue weighted by molar-refractivity contribution is 5.69. The fourth-order valence-corrected chi connectivity index (χ4v) is 2.11. The summed E-state index contributed by atoms with van der Waals surface area (Å²) in [6.07, 6.45) is 1.33. The van der Waals surface area contributed by atoms with Crippen LogP contribution in [0.3, 0.4) is 0 Å². The largest absolute Gasteiger partial charge is 0.466 e. The number of nitrogens with two attached hydrogens (primary N) is 1. The zero-order valence-electron chi connectivity index (χ0n) is 10.1. The molecule has 6 heteroatoms. The minimum absolute atomic E-state index is 0.0926. The Bertz CT molecular complexity index is 283. The molecule has 98 valence electrons. The monoisotopic (exact) mass is 244 g/mol. The maximum absolute atomic E-state index is 11.2. The molecule has 0 aliphatic carbocycles. The van der Waals surface area contributed by atoms with Crippen LogP contribution in [0.5, 0.6) is 0 Å². The average molecular weight is 244 g/mol. The molecule has 1 saturated heterocycles. The molecule has 1 aliphatic rings. The molecule has 0 unspecified atom stereocenters. The summed E-state index contributed by atoms with van der Waals surface area (Å²) in [6.45, 7) is 2.46. The van der Waals surface area contributed by atoms with E-state index in [0.717, 1.165) is 6.42 Å². The molecular formula is C11H20N2O4. The Labute approximate surface area is 101 Å². The molecule has 0 aromatic heterocycles. The first-order valence-electron chi connectivity index (χ1n) is 5.95. The third-order valence-electron chi connectivity index (χ3n) is 2.98. The van der Waals surface area contributed by atoms with Crippen molar-refractivity contribution >= 4 is 12.1 Å². The van der Waals surface area contributed by atoms with Crippen LogP contribution in [0.1, 0.15) is 32.6 Å². The number of carbonyl (C=O) groups excluding carboxylic acids is 1. The quantitative estimate of drug-likeness (QED) is 0.713. The summed E-state index contributed by atoms with van der Waals surface area (Å²) in [7, 11) is 0. The lowest BCUT2D eigenvalue weighted by atomic mass is 9.96. The van der Waals surface area contributed by atoms with Crippen molar-refractivity contribution in [1.82, 2.24) is 4.90 Å². The van der Waals surface area contributed by atoms with Gasteiger partial charge in [-0.05, 0) is 26.2 Å². The fourth-order valence-electron chi connectivity index (χ4n) is 2.11. The topological polar surface area (TPSA) is 92.9 Å². The van der Waals surface area contributed by atoms with E-state index in [1.807, 2.05) is 0 Å². The second-order valence-corrected chi connectivity index (χ2v) is 4.27. The van der Waals surface area contributed by atoms with Gasteiger partial charge in [0.2, 0.25) is 0 Å². The van der Waals surface area contributed by atoms with Gasteiger partial charge >= 0.3 is 12.1 Å². The first kappa shape index (κ1) is 13.8. The van der Waals surface area contributed by atoms with Gasteiger partial charge < -0.3 is 20.5 Å². The normalized spacial score (nSPS) is 24.5. The molecule has 17 heavy (non-hydrogen) atoms. The van der Waals surface area contributed by atoms with Crippen molar-refractivity contribution in [2.75, 3.05) is 13.2 Å². The summed E-state index contributed by atoms with van der Waals surface area (Å²) in [5, 5.41) is 9.05. The van der Waals surface area contributed by atoms with Crippen LogP contribution in [0.2, 0.25) is 0 Å². The van der Waals surface area contributed by atoms with Crippen molar-refractivity contribution in [2.24, 2.45) is 5.73 Å². The molecule has 0 aromatic rings. The standard InChI is InChI=1S/C11H20N2O4/c1-2-17-10(14)6-5-9-4-3-8(12)7-13(9)11(15)16/h8-9H,2-7,12H2,1H3,(H,15,16)/t8-,9-/m0/s1. The van der Waals surface area contributed by atoms with E-state index in [9.17, 15) is 9.59 Å². The number of carboxylic acid groups (broad SMARTS) is 1. The maximum Gasteiger partial charge on any atom is 0.407 e. The van der Waals surface area contributed by atoms with Crippen molar-refractivity contribution in [1.29, 1.82) is 0 Å². The summed E-state index contributed by atoms with van der Waals surface area (Å²) in [5.74, 6) is -0.271. The summed E-state index contributed by atoms with van der Waals surface area (Å²) in [4.78, 5) is 23.6. The molecule has 0 spiro atoms. The minimum Gasteiger partial charge on any atom is -0.466 e. The summed E-state index contributed by atoms with van der Waals surface area (Å²) in [5.41, 5.74) is 5.73. The summed E-state index contributed by atoms with van der Waals surface area (Å²) < 4.78 is 4.82. The third kappa shape index (κ3) is 4.22. The van der Waals surface area contributed by atoms with Crippen LogP contribution in [0.4, 0.5) is 4.79 Å². The molecule has 1 heterocycles. The Balaban J connectivity index is 2.44. The van der Waals surface area contributed by atoms with Crippen LogP contribution < -0.4 is 5.73 Å². The highest BCUT2D eigenvalue weighted by Gasteiger charge is 2.30. The Morgan fingerprint density at radius 1 is 1.47 bits per heavy atom. The van der Waals surface area contributed by atoms with Gasteiger partial charge in [-0.2, -0.15) is 0 Å². The highest BCUT2D eigenvalue weighted by Crippen LogP contribution is 2.20. The van der Waals surface area contributed by atoms with Gasteiger partial charge in [0.15, 0.2) is 0 Å². The Hall–Kier alpha value is -1.30. The average Bonchev–Trinajstić information content (AvgIpc) is 2.27. The first-order valence-corrected chi connectivity index (χ1v) is 5.95. The second-order valence-electron chi connectivity index (χ2n) is 4.27. The predicted octanol–water partition coefficient (Wildman–Crippen LogP) is 0.799. The zero-order valence-corrected chi connectivity index (χ0v) is 10.1. The first-order chi connectivity index (χ1) is 8.04. The van der Waals surface area contributed by atoms with E-state index in [0.29, 0.717) is 26.0 Å². The molecule has 6 nitrogen and oxygen atoms in total. The smallest absolute Gasteiger partial charge is 0.407 e. The van der Waals surface area contributed by atoms with E-state index in [4.69, 9.17) is 15.6 Å². The molecule has 0 radical (unpaired) electrons. The summed E-state index contributed by atoms with van der Waals surface area (Å²) >= 11 is 0. The van der Waals surface area contributed by atoms with E-state index in [-0.39, 0.29) is 24.5 Å². The van der Waals surface area contributed by atoms with Gasteiger partial charge in [-0.25, -0.2) is 4.79 Å². The summed E-state index contributed by atoms with van der Waals surface area (Å²) in [6, 6.07) is -0.207. The lowest BCUT2D eigenvalue weighted by molar-refractivity contribution is -0.143. The number of amides is 1. The van der Waals surface area contributed by atoms with Gasteiger partial charge in [0.1, 0.15) is 0 Å². The Kier molecular flexibility index (Phi) is 5.21. The van der Waals surface area contributed by atoms with Crippen molar-refractivity contribution in [3.63, 3.8) is 0 Å². The van der Waals surface area contributed by atoms with E-state index in [1.165, 1.54) is 4.90 Å². The van der Waals surface area contributed by atoms with E-state index in [1.54, 1.807) is 6.92 Å². The second kappa shape index (κ2) is 6.44. The van der Waals surface area contributed by atoms with Crippen LogP contribution in [-0.2, 0) is 9.53 Å². The maximum atomic E-state index is 11.2. The number of rotatable bonds is 4. The van der Waals surface area contributed by atoms with Crippen molar-refractivity contribution in [3.05, 3.63) is 0 Å². The molecule has 1 aliphatic heterocycles.